The van der Waals surface area contributed by atoms with Crippen molar-refractivity contribution in [3.05, 3.63) is 29.3 Å². The molecule has 2 aliphatic rings. The highest BCUT2D eigenvalue weighted by atomic mass is 35.5. The Morgan fingerprint density at radius 3 is 2.70 bits per heavy atom. The molecule has 0 aromatic heterocycles. The van der Waals surface area contributed by atoms with E-state index in [0.29, 0.717) is 0 Å². The van der Waals surface area contributed by atoms with Crippen LogP contribution < -0.4 is 4.72 Å². The summed E-state index contributed by atoms with van der Waals surface area (Å²) in [5.41, 5.74) is 0. The second-order valence-corrected chi connectivity index (χ2v) is 7.83. The maximum Gasteiger partial charge on any atom is 0.242 e. The second-order valence-electron chi connectivity index (χ2n) is 5.74. The van der Waals surface area contributed by atoms with E-state index in [1.807, 2.05) is 0 Å². The molecule has 4 nitrogen and oxygen atoms in total. The molecule has 110 valence electrons. The van der Waals surface area contributed by atoms with Crippen molar-refractivity contribution in [1.82, 2.24) is 9.62 Å². The minimum absolute atomic E-state index is 0.00461. The third-order valence-electron chi connectivity index (χ3n) is 3.93. The number of nitrogens with one attached hydrogen (secondary N) is 1. The third-order valence-corrected chi connectivity index (χ3v) is 5.95. The van der Waals surface area contributed by atoms with E-state index >= 15 is 0 Å². The maximum absolute atomic E-state index is 12.3. The molecule has 6 heteroatoms. The Kier molecular flexibility index (Phi) is 4.04. The number of halogens is 1. The molecule has 1 N–H and O–H groups in total. The van der Waals surface area contributed by atoms with Crippen molar-refractivity contribution in [2.45, 2.75) is 30.2 Å². The molecule has 0 amide bonds. The van der Waals surface area contributed by atoms with Gasteiger partial charge in [-0.3, -0.25) is 0 Å². The number of benzene rings is 1. The molecule has 1 heterocycles. The highest BCUT2D eigenvalue weighted by Gasteiger charge is 2.31. The van der Waals surface area contributed by atoms with Gasteiger partial charge in [-0.2, -0.15) is 0 Å². The predicted octanol–water partition coefficient (Wildman–Crippen LogP) is 2.10. The molecule has 20 heavy (non-hydrogen) atoms. The number of sulfonamides is 1. The molecular weight excluding hydrogens is 296 g/mol. The lowest BCUT2D eigenvalue weighted by atomic mass is 10.3. The fraction of sp³-hybridized carbons (Fsp3) is 0.571. The first-order valence-electron chi connectivity index (χ1n) is 7.04. The molecule has 0 spiro atoms. The zero-order valence-electron chi connectivity index (χ0n) is 11.3. The van der Waals surface area contributed by atoms with Crippen molar-refractivity contribution >= 4 is 21.6 Å². The topological polar surface area (TPSA) is 49.4 Å². The Morgan fingerprint density at radius 1 is 1.25 bits per heavy atom. The summed E-state index contributed by atoms with van der Waals surface area (Å²) in [5, 5.41) is 0.271. The lowest BCUT2D eigenvalue weighted by Gasteiger charge is -2.16. The Hall–Kier alpha value is -0.620. The zero-order valence-corrected chi connectivity index (χ0v) is 12.8. The Morgan fingerprint density at radius 2 is 2.00 bits per heavy atom. The summed E-state index contributed by atoms with van der Waals surface area (Å²) in [6.45, 7) is 2.90. The maximum atomic E-state index is 12.3. The van der Waals surface area contributed by atoms with Crippen LogP contribution >= 0.6 is 11.6 Å². The lowest BCUT2D eigenvalue weighted by molar-refractivity contribution is 0.318. The summed E-state index contributed by atoms with van der Waals surface area (Å²) in [7, 11) is -3.52. The van der Waals surface area contributed by atoms with Gasteiger partial charge in [0.2, 0.25) is 10.0 Å². The fourth-order valence-corrected chi connectivity index (χ4v) is 4.49. The first-order valence-corrected chi connectivity index (χ1v) is 8.90. The van der Waals surface area contributed by atoms with Crippen LogP contribution in [0.3, 0.4) is 0 Å². The molecule has 3 rings (SSSR count). The van der Waals surface area contributed by atoms with Gasteiger partial charge in [0.25, 0.3) is 0 Å². The van der Waals surface area contributed by atoms with Crippen molar-refractivity contribution < 1.29 is 8.42 Å². The molecule has 1 aromatic carbocycles. The van der Waals surface area contributed by atoms with Gasteiger partial charge in [-0.15, -0.1) is 0 Å². The van der Waals surface area contributed by atoms with Crippen molar-refractivity contribution in [2.24, 2.45) is 5.92 Å². The average molecular weight is 315 g/mol. The minimum atomic E-state index is -3.52. The van der Waals surface area contributed by atoms with Gasteiger partial charge < -0.3 is 4.90 Å². The average Bonchev–Trinajstić information content (AvgIpc) is 3.09. The highest BCUT2D eigenvalue weighted by molar-refractivity contribution is 7.89. The minimum Gasteiger partial charge on any atom is -0.301 e. The fourth-order valence-electron chi connectivity index (χ4n) is 2.71. The summed E-state index contributed by atoms with van der Waals surface area (Å²) in [4.78, 5) is 2.53. The standard InChI is InChI=1S/C14H19ClN2O2S/c15-13-3-1-2-4-14(13)20(18,19)16-12-7-8-17(10-12)9-11-5-6-11/h1-4,11-12,16H,5-10H2/t12-/m0/s1. The van der Waals surface area contributed by atoms with Crippen molar-refractivity contribution in [3.63, 3.8) is 0 Å². The summed E-state index contributed by atoms with van der Waals surface area (Å²) < 4.78 is 27.5. The molecule has 1 atom stereocenters. The van der Waals surface area contributed by atoms with Gasteiger partial charge >= 0.3 is 0 Å². The molecule has 1 aromatic rings. The molecule has 1 saturated carbocycles. The number of hydrogen-bond acceptors (Lipinski definition) is 3. The van der Waals surface area contributed by atoms with E-state index in [1.54, 1.807) is 24.3 Å². The van der Waals surface area contributed by atoms with Gasteiger partial charge in [0.1, 0.15) is 4.90 Å². The number of nitrogens with zero attached hydrogens (tertiary/aromatic N) is 1. The van der Waals surface area contributed by atoms with E-state index in [9.17, 15) is 8.42 Å². The first kappa shape index (κ1) is 14.3. The van der Waals surface area contributed by atoms with Gasteiger partial charge in [0.15, 0.2) is 0 Å². The van der Waals surface area contributed by atoms with E-state index in [2.05, 4.69) is 9.62 Å². The van der Waals surface area contributed by atoms with Crippen LogP contribution in [-0.4, -0.2) is 39.0 Å². The van der Waals surface area contributed by atoms with Crippen LogP contribution in [-0.2, 0) is 10.0 Å². The normalized spacial score (nSPS) is 24.1. The summed E-state index contributed by atoms with van der Waals surface area (Å²) in [5.74, 6) is 0.842. The molecule has 0 unspecified atom stereocenters. The Balaban J connectivity index is 1.63. The van der Waals surface area contributed by atoms with Gasteiger partial charge in [-0.05, 0) is 43.9 Å². The van der Waals surface area contributed by atoms with Crippen molar-refractivity contribution in [1.29, 1.82) is 0 Å². The van der Waals surface area contributed by atoms with Crippen LogP contribution in [0.2, 0.25) is 5.02 Å². The number of hydrogen-bond donors (Lipinski definition) is 1. The monoisotopic (exact) mass is 314 g/mol. The van der Waals surface area contributed by atoms with Crippen molar-refractivity contribution in [3.8, 4) is 0 Å². The van der Waals surface area contributed by atoms with Crippen LogP contribution in [0.15, 0.2) is 29.2 Å². The van der Waals surface area contributed by atoms with Crippen LogP contribution in [0.5, 0.6) is 0 Å². The summed E-state index contributed by atoms with van der Waals surface area (Å²) in [6.07, 6.45) is 3.52. The van der Waals surface area contributed by atoms with E-state index in [0.717, 1.165) is 32.0 Å². The molecule has 0 radical (unpaired) electrons. The quantitative estimate of drug-likeness (QED) is 0.905. The largest absolute Gasteiger partial charge is 0.301 e. The zero-order chi connectivity index (χ0) is 14.2. The smallest absolute Gasteiger partial charge is 0.242 e. The Bertz CT molecular complexity index is 587. The highest BCUT2D eigenvalue weighted by Crippen LogP contribution is 2.31. The van der Waals surface area contributed by atoms with E-state index in [4.69, 9.17) is 11.6 Å². The van der Waals surface area contributed by atoms with Crippen molar-refractivity contribution in [2.75, 3.05) is 19.6 Å². The van der Waals surface area contributed by atoms with E-state index in [1.165, 1.54) is 12.8 Å². The van der Waals surface area contributed by atoms with Gasteiger partial charge in [0.05, 0.1) is 5.02 Å². The molecule has 0 bridgehead atoms. The predicted molar refractivity (Wildman–Crippen MR) is 79.3 cm³/mol. The van der Waals surface area contributed by atoms with Crippen LogP contribution in [0, 0.1) is 5.92 Å². The van der Waals surface area contributed by atoms with Gasteiger partial charge in [-0.1, -0.05) is 23.7 Å². The van der Waals surface area contributed by atoms with Gasteiger partial charge in [0, 0.05) is 19.1 Å². The first-order chi connectivity index (χ1) is 9.54. The molecule has 2 fully saturated rings. The lowest BCUT2D eigenvalue weighted by Crippen LogP contribution is -2.37. The molecule has 1 aliphatic carbocycles. The van der Waals surface area contributed by atoms with Gasteiger partial charge in [-0.25, -0.2) is 13.1 Å². The number of rotatable bonds is 5. The van der Waals surface area contributed by atoms with Crippen LogP contribution in [0.1, 0.15) is 19.3 Å². The SMILES string of the molecule is O=S(=O)(N[C@H]1CCN(CC2CC2)C1)c1ccccc1Cl. The molecule has 1 saturated heterocycles. The third kappa shape index (κ3) is 3.34. The Labute approximate surface area is 125 Å². The molecular formula is C14H19ClN2O2S. The van der Waals surface area contributed by atoms with E-state index < -0.39 is 10.0 Å². The van der Waals surface area contributed by atoms with Crippen LogP contribution in [0.4, 0.5) is 0 Å². The summed E-state index contributed by atoms with van der Waals surface area (Å²) >= 11 is 5.97. The molecule has 1 aliphatic heterocycles. The second kappa shape index (κ2) is 5.64. The van der Waals surface area contributed by atoms with E-state index in [-0.39, 0.29) is 16.0 Å². The summed E-state index contributed by atoms with van der Waals surface area (Å²) in [6, 6.07) is 6.56. The van der Waals surface area contributed by atoms with Crippen LogP contribution in [0.25, 0.3) is 0 Å². The number of likely N-dealkylation sites (tertiary alicyclic amines) is 1.